The van der Waals surface area contributed by atoms with Crippen LogP contribution in [0.4, 0.5) is 0 Å². The van der Waals surface area contributed by atoms with E-state index < -0.39 is 84.6 Å². The monoisotopic (exact) mass is 292 g/mol. The van der Waals surface area contributed by atoms with Gasteiger partial charge in [-0.05, 0) is 79.3 Å². The summed E-state index contributed by atoms with van der Waals surface area (Å²) in [6.45, 7) is 0. The Bertz CT molecular complexity index is 1610. The van der Waals surface area contributed by atoms with Crippen LogP contribution in [0.1, 0.15) is 19.2 Å². The lowest BCUT2D eigenvalue weighted by Crippen LogP contribution is -1.80. The Morgan fingerprint density at radius 3 is 0.864 bits per heavy atom. The molecule has 22 heavy (non-hydrogen) atoms. The second-order valence-corrected chi connectivity index (χ2v) is 4.75. The number of benzene rings is 5. The van der Waals surface area contributed by atoms with Gasteiger partial charge in [0, 0.05) is 0 Å². The van der Waals surface area contributed by atoms with Gasteiger partial charge in [-0.1, -0.05) is 48.3 Å². The molecule has 0 aliphatic carbocycles. The molecule has 0 aliphatic heterocycles. The molecule has 0 N–H and O–H groups in total. The van der Waals surface area contributed by atoms with Crippen molar-refractivity contribution in [3.05, 3.63) is 84.6 Å². The summed E-state index contributed by atoms with van der Waals surface area (Å²) in [5, 5.41) is -2.52. The van der Waals surface area contributed by atoms with Crippen molar-refractivity contribution in [1.82, 2.24) is 0 Å². The Labute approximate surface area is 148 Å². The highest BCUT2D eigenvalue weighted by molar-refractivity contribution is 6.08. The summed E-state index contributed by atoms with van der Waals surface area (Å²) in [4.78, 5) is 0. The minimum absolute atomic E-state index is 0.314. The van der Waals surface area contributed by atoms with Gasteiger partial charge < -0.3 is 0 Å². The summed E-state index contributed by atoms with van der Waals surface area (Å²) in [6.07, 6.45) is 0. The van der Waals surface area contributed by atoms with Crippen molar-refractivity contribution in [3.8, 4) is 0 Å². The second kappa shape index (κ2) is 4.32. The molecule has 0 heterocycles. The van der Waals surface area contributed by atoms with Crippen LogP contribution >= 0.6 is 0 Å². The van der Waals surface area contributed by atoms with E-state index in [1.54, 1.807) is 0 Å². The van der Waals surface area contributed by atoms with Crippen molar-refractivity contribution in [2.45, 2.75) is 0 Å². The summed E-state index contributed by atoms with van der Waals surface area (Å²) in [6, 6.07) is -8.10. The molecule has 0 radical (unpaired) electrons. The molecule has 0 aromatic heterocycles. The first kappa shape index (κ1) is 4.57. The lowest BCUT2D eigenvalue weighted by atomic mass is 9.97. The van der Waals surface area contributed by atoms with E-state index in [1.165, 1.54) is 0 Å². The number of rotatable bonds is 0. The van der Waals surface area contributed by atoms with Crippen molar-refractivity contribution < 1.29 is 19.2 Å². The number of fused-ring (bicyclic) bond motifs is 4. The molecule has 5 rings (SSSR count). The van der Waals surface area contributed by atoms with Crippen LogP contribution in [0.2, 0.25) is 0 Å². The van der Waals surface area contributed by atoms with Crippen molar-refractivity contribution in [2.24, 2.45) is 0 Å². The average molecular weight is 292 g/mol. The number of hydrogen-bond donors (Lipinski definition) is 0. The third-order valence-electron chi connectivity index (χ3n) is 3.38. The van der Waals surface area contributed by atoms with E-state index in [2.05, 4.69) is 0 Å². The maximum Gasteiger partial charge on any atom is 0.0636 e. The van der Waals surface area contributed by atoms with Gasteiger partial charge >= 0.3 is 0 Å². The minimum atomic E-state index is -0.630. The first-order valence-corrected chi connectivity index (χ1v) is 6.50. The van der Waals surface area contributed by atoms with Crippen LogP contribution in [0.15, 0.2) is 84.6 Å². The van der Waals surface area contributed by atoms with E-state index in [4.69, 9.17) is 19.2 Å². The van der Waals surface area contributed by atoms with Gasteiger partial charge in [0.2, 0.25) is 0 Å². The summed E-state index contributed by atoms with van der Waals surface area (Å²) in [5.74, 6) is 0. The normalized spacial score (nSPS) is 20.5. The second-order valence-electron chi connectivity index (χ2n) is 4.75. The molecule has 0 spiro atoms. The first-order chi connectivity index (χ1) is 16.7. The lowest BCUT2D eigenvalue weighted by Gasteiger charge is -2.07. The smallest absolute Gasteiger partial charge is 0.0616 e. The zero-order valence-corrected chi connectivity index (χ0v) is 11.0. The first-order valence-electron chi connectivity index (χ1n) is 13.5. The van der Waals surface area contributed by atoms with Crippen molar-refractivity contribution >= 4 is 43.1 Å². The average Bonchev–Trinajstić information content (AvgIpc) is 2.83. The van der Waals surface area contributed by atoms with Gasteiger partial charge in [0.1, 0.15) is 0 Å². The van der Waals surface area contributed by atoms with Crippen LogP contribution in [0.5, 0.6) is 0 Å². The Balaban J connectivity index is 2.22. The largest absolute Gasteiger partial charge is 0.0636 e. The topological polar surface area (TPSA) is 0 Å². The number of hydrogen-bond acceptors (Lipinski definition) is 0. The van der Waals surface area contributed by atoms with Gasteiger partial charge in [0.25, 0.3) is 0 Å². The van der Waals surface area contributed by atoms with Crippen LogP contribution < -0.4 is 0 Å². The highest BCUT2D eigenvalue weighted by Crippen LogP contribution is 2.29. The van der Waals surface area contributed by atoms with Crippen LogP contribution in [0.3, 0.4) is 0 Å². The molecule has 0 aliphatic rings. The Hall–Kier alpha value is -2.86. The fourth-order valence-electron chi connectivity index (χ4n) is 2.38. The van der Waals surface area contributed by atoms with Crippen LogP contribution in [-0.4, -0.2) is 0 Å². The van der Waals surface area contributed by atoms with Crippen LogP contribution in [0, 0.1) is 0 Å². The van der Waals surface area contributed by atoms with Gasteiger partial charge in [-0.25, -0.2) is 0 Å². The molecule has 0 saturated carbocycles. The molecule has 0 unspecified atom stereocenters. The fraction of sp³-hybridized carbons (Fsp3) is 0. The third-order valence-corrected chi connectivity index (χ3v) is 3.38. The standard InChI is InChI=1S/C22H14/c1-2-6-16-10-20-14-22-12-18-8-4-3-7-17(18)11-21(22)13-19(20)9-15(16)5-1/h1-14H/i1D,2D,3D,4D,5D,6D,7D,8D,9D,10D,11D,12D,13D,14D. The van der Waals surface area contributed by atoms with E-state index in [0.29, 0.717) is 0 Å². The molecule has 0 heteroatoms. The minimum Gasteiger partial charge on any atom is -0.0616 e. The predicted molar refractivity (Wildman–Crippen MR) is 96.5 cm³/mol. The summed E-state index contributed by atoms with van der Waals surface area (Å²) >= 11 is 0. The van der Waals surface area contributed by atoms with Crippen molar-refractivity contribution in [3.63, 3.8) is 0 Å². The molecule has 0 fully saturated rings. The molecular formula is C22H14. The van der Waals surface area contributed by atoms with E-state index in [0.717, 1.165) is 0 Å². The Morgan fingerprint density at radius 1 is 0.364 bits per heavy atom. The summed E-state index contributed by atoms with van der Waals surface area (Å²) in [5.41, 5.74) is 0. The zero-order valence-electron chi connectivity index (χ0n) is 25.0. The van der Waals surface area contributed by atoms with Crippen molar-refractivity contribution in [2.75, 3.05) is 0 Å². The molecule has 102 valence electrons. The molecule has 5 aromatic rings. The molecule has 0 bridgehead atoms. The van der Waals surface area contributed by atoms with E-state index in [9.17, 15) is 0 Å². The van der Waals surface area contributed by atoms with Gasteiger partial charge in [0.15, 0.2) is 0 Å². The van der Waals surface area contributed by atoms with E-state index in [-0.39, 0.29) is 43.1 Å². The Kier molecular flexibility index (Phi) is 0.896. The summed E-state index contributed by atoms with van der Waals surface area (Å²) in [7, 11) is 0. The molecule has 0 nitrogen and oxygen atoms in total. The zero-order chi connectivity index (χ0) is 26.7. The fourth-order valence-corrected chi connectivity index (χ4v) is 2.38. The van der Waals surface area contributed by atoms with Crippen LogP contribution in [0.25, 0.3) is 43.1 Å². The molecule has 0 atom stereocenters. The SMILES string of the molecule is [2H]c1c([2H])c([2H])c2c([2H])c3c([2H])c4c([2H])c5c([2H])c([2H])c([2H])c([2H])c5c([2H])c4c([2H])c3c([2H])c2c1[2H]. The quantitative estimate of drug-likeness (QED) is 0.294. The van der Waals surface area contributed by atoms with Gasteiger partial charge in [-0.3, -0.25) is 0 Å². The van der Waals surface area contributed by atoms with E-state index in [1.807, 2.05) is 0 Å². The maximum absolute atomic E-state index is 8.82. The van der Waals surface area contributed by atoms with Gasteiger partial charge in [-0.15, -0.1) is 0 Å². The Morgan fingerprint density at radius 2 is 0.591 bits per heavy atom. The predicted octanol–water partition coefficient (Wildman–Crippen LogP) is 6.30. The van der Waals surface area contributed by atoms with E-state index >= 15 is 0 Å². The lowest BCUT2D eigenvalue weighted by molar-refractivity contribution is 1.78. The highest BCUT2D eigenvalue weighted by atomic mass is 14.1. The summed E-state index contributed by atoms with van der Waals surface area (Å²) < 4.78 is 117. The molecule has 0 saturated heterocycles. The maximum atomic E-state index is 8.82. The highest BCUT2D eigenvalue weighted by Gasteiger charge is 2.02. The molecule has 5 aromatic carbocycles. The molecular weight excluding hydrogens is 264 g/mol. The van der Waals surface area contributed by atoms with Gasteiger partial charge in [-0.2, -0.15) is 0 Å². The molecule has 0 amide bonds. The van der Waals surface area contributed by atoms with Crippen LogP contribution in [-0.2, 0) is 0 Å². The van der Waals surface area contributed by atoms with Gasteiger partial charge in [0.05, 0.1) is 19.2 Å². The van der Waals surface area contributed by atoms with Crippen molar-refractivity contribution in [1.29, 1.82) is 0 Å². The third kappa shape index (κ3) is 1.71.